The summed E-state index contributed by atoms with van der Waals surface area (Å²) in [7, 11) is 0. The van der Waals surface area contributed by atoms with E-state index in [-0.39, 0.29) is 11.3 Å². The van der Waals surface area contributed by atoms with Crippen LogP contribution in [0.3, 0.4) is 0 Å². The second-order valence-electron chi connectivity index (χ2n) is 9.23. The van der Waals surface area contributed by atoms with Crippen molar-refractivity contribution in [3.8, 4) is 0 Å². The number of amides is 1. The average Bonchev–Trinajstić information content (AvgIpc) is 3.25. The number of para-hydroxylation sites is 1. The van der Waals surface area contributed by atoms with Gasteiger partial charge in [0.25, 0.3) is 5.91 Å². The third-order valence-electron chi connectivity index (χ3n) is 6.46. The van der Waals surface area contributed by atoms with E-state index in [2.05, 4.69) is 65.2 Å². The number of H-pyrrole nitrogens is 1. The van der Waals surface area contributed by atoms with Gasteiger partial charge in [-0.05, 0) is 42.0 Å². The van der Waals surface area contributed by atoms with Crippen LogP contribution in [0.4, 0.5) is 0 Å². The number of aromatic amines is 1. The molecule has 154 valence electrons. The predicted molar refractivity (Wildman–Crippen MR) is 128 cm³/mol. The molecule has 0 fully saturated rings. The number of carbonyl (C=O) groups is 1. The van der Waals surface area contributed by atoms with Crippen molar-refractivity contribution in [2.75, 3.05) is 6.54 Å². The molecule has 0 saturated carbocycles. The molecule has 3 heterocycles. The fourth-order valence-electron chi connectivity index (χ4n) is 5.09. The van der Waals surface area contributed by atoms with Gasteiger partial charge in [-0.25, -0.2) is 0 Å². The summed E-state index contributed by atoms with van der Waals surface area (Å²) < 4.78 is 0.979. The van der Waals surface area contributed by atoms with Crippen LogP contribution < -0.4 is 0 Å². The Morgan fingerprint density at radius 2 is 1.97 bits per heavy atom. The molecule has 6 rings (SSSR count). The number of nitrogens with zero attached hydrogens (tertiary/aromatic N) is 2. The summed E-state index contributed by atoms with van der Waals surface area (Å²) in [5, 5.41) is 2.16. The third-order valence-corrected chi connectivity index (χ3v) is 6.95. The first-order valence-corrected chi connectivity index (χ1v) is 11.4. The van der Waals surface area contributed by atoms with Gasteiger partial charge in [0.2, 0.25) is 0 Å². The number of allylic oxidation sites excluding steroid dienone is 1. The first-order valence-electron chi connectivity index (χ1n) is 10.6. The maximum Gasteiger partial charge on any atom is 0.259 e. The van der Waals surface area contributed by atoms with Crippen LogP contribution in [0.1, 0.15) is 41.0 Å². The maximum absolute atomic E-state index is 13.7. The highest BCUT2D eigenvalue weighted by Gasteiger charge is 2.41. The lowest BCUT2D eigenvalue weighted by Crippen LogP contribution is -2.28. The second kappa shape index (κ2) is 6.54. The molecule has 0 unspecified atom stereocenters. The quantitative estimate of drug-likeness (QED) is 0.392. The van der Waals surface area contributed by atoms with Crippen molar-refractivity contribution in [3.05, 3.63) is 81.6 Å². The molecule has 0 radical (unpaired) electrons. The minimum Gasteiger partial charge on any atom is -0.361 e. The lowest BCUT2D eigenvalue weighted by Gasteiger charge is -2.30. The molecule has 0 saturated heterocycles. The standard InChI is InChI=1S/C26H22BrN3O/c1-26(2)12-21-24-22(13-26)30(10-9-15-14-28-19-6-4-3-5-17(15)19)25(31)23(24)18-8-7-16(27)11-20(18)29-21/h3-8,11,13-14,28H,9-10,12H2,1-2H3. The van der Waals surface area contributed by atoms with Gasteiger partial charge in [0.1, 0.15) is 0 Å². The van der Waals surface area contributed by atoms with E-state index >= 15 is 0 Å². The van der Waals surface area contributed by atoms with Crippen LogP contribution in [0.15, 0.2) is 59.2 Å². The number of fused-ring (bicyclic) bond motifs is 3. The van der Waals surface area contributed by atoms with Crippen LogP contribution in [0.5, 0.6) is 0 Å². The van der Waals surface area contributed by atoms with Gasteiger partial charge in [0.05, 0.1) is 22.5 Å². The minimum absolute atomic E-state index is 0.0457. The van der Waals surface area contributed by atoms with Crippen molar-refractivity contribution in [1.29, 1.82) is 0 Å². The van der Waals surface area contributed by atoms with Gasteiger partial charge in [-0.3, -0.25) is 9.78 Å². The zero-order chi connectivity index (χ0) is 21.3. The molecule has 2 aliphatic rings. The van der Waals surface area contributed by atoms with Crippen molar-refractivity contribution in [1.82, 2.24) is 14.9 Å². The van der Waals surface area contributed by atoms with Gasteiger partial charge < -0.3 is 9.88 Å². The van der Waals surface area contributed by atoms with Crippen LogP contribution in [0.2, 0.25) is 0 Å². The van der Waals surface area contributed by atoms with Crippen LogP contribution in [0.25, 0.3) is 27.5 Å². The molecular weight excluding hydrogens is 450 g/mol. The zero-order valence-electron chi connectivity index (χ0n) is 17.5. The van der Waals surface area contributed by atoms with Crippen molar-refractivity contribution < 1.29 is 4.79 Å². The van der Waals surface area contributed by atoms with Crippen LogP contribution >= 0.6 is 15.9 Å². The summed E-state index contributed by atoms with van der Waals surface area (Å²) in [4.78, 5) is 24.0. The Kier molecular flexibility index (Phi) is 3.97. The van der Waals surface area contributed by atoms with E-state index in [0.29, 0.717) is 6.54 Å². The molecule has 1 aliphatic heterocycles. The molecular formula is C26H22BrN3O. The van der Waals surface area contributed by atoms with Crippen LogP contribution in [-0.2, 0) is 12.8 Å². The van der Waals surface area contributed by atoms with E-state index < -0.39 is 0 Å². The van der Waals surface area contributed by atoms with Gasteiger partial charge >= 0.3 is 0 Å². The smallest absolute Gasteiger partial charge is 0.259 e. The number of halogens is 1. The van der Waals surface area contributed by atoms with E-state index in [9.17, 15) is 4.79 Å². The highest BCUT2D eigenvalue weighted by Crippen LogP contribution is 2.46. The van der Waals surface area contributed by atoms with E-state index in [1.54, 1.807) is 0 Å². The average molecular weight is 472 g/mol. The highest BCUT2D eigenvalue weighted by atomic mass is 79.9. The summed E-state index contributed by atoms with van der Waals surface area (Å²) in [6.45, 7) is 5.08. The first kappa shape index (κ1) is 18.8. The highest BCUT2D eigenvalue weighted by molar-refractivity contribution is 9.10. The third kappa shape index (κ3) is 2.87. The zero-order valence-corrected chi connectivity index (χ0v) is 19.1. The fourth-order valence-corrected chi connectivity index (χ4v) is 5.44. The van der Waals surface area contributed by atoms with E-state index in [0.717, 1.165) is 56.3 Å². The topological polar surface area (TPSA) is 49.0 Å². The maximum atomic E-state index is 13.7. The summed E-state index contributed by atoms with van der Waals surface area (Å²) >= 11 is 3.55. The number of rotatable bonds is 3. The van der Waals surface area contributed by atoms with Crippen molar-refractivity contribution in [2.24, 2.45) is 5.41 Å². The predicted octanol–water partition coefficient (Wildman–Crippen LogP) is 6.10. The normalized spacial score (nSPS) is 16.8. The summed E-state index contributed by atoms with van der Waals surface area (Å²) in [5.74, 6) is 0.0924. The van der Waals surface area contributed by atoms with Gasteiger partial charge in [-0.15, -0.1) is 0 Å². The number of aromatic nitrogens is 2. The number of nitrogens with one attached hydrogen (secondary N) is 1. The van der Waals surface area contributed by atoms with Crippen LogP contribution in [0, 0.1) is 5.41 Å². The molecule has 1 N–H and O–H groups in total. The van der Waals surface area contributed by atoms with E-state index in [1.165, 1.54) is 10.9 Å². The van der Waals surface area contributed by atoms with Gasteiger partial charge in [0, 0.05) is 39.1 Å². The van der Waals surface area contributed by atoms with E-state index in [4.69, 9.17) is 4.98 Å². The Balaban J connectivity index is 1.46. The lowest BCUT2D eigenvalue weighted by molar-refractivity contribution is 0.0852. The molecule has 5 heteroatoms. The first-order chi connectivity index (χ1) is 14.9. The summed E-state index contributed by atoms with van der Waals surface area (Å²) in [6, 6.07) is 14.3. The second-order valence-corrected chi connectivity index (χ2v) is 10.1. The number of hydrogen-bond acceptors (Lipinski definition) is 2. The molecule has 2 aromatic heterocycles. The molecule has 4 nitrogen and oxygen atoms in total. The van der Waals surface area contributed by atoms with Crippen LogP contribution in [-0.4, -0.2) is 27.3 Å². The Hall–Kier alpha value is -2.92. The molecule has 31 heavy (non-hydrogen) atoms. The molecule has 1 amide bonds. The molecule has 1 aliphatic carbocycles. The number of hydrogen-bond donors (Lipinski definition) is 1. The molecule has 0 spiro atoms. The van der Waals surface area contributed by atoms with Gasteiger partial charge in [0.15, 0.2) is 0 Å². The fraction of sp³-hybridized carbons (Fsp3) is 0.231. The molecule has 4 aromatic rings. The molecule has 0 atom stereocenters. The van der Waals surface area contributed by atoms with Crippen molar-refractivity contribution >= 4 is 49.3 Å². The number of carbonyl (C=O) groups excluding carboxylic acids is 1. The van der Waals surface area contributed by atoms with Gasteiger partial charge in [-0.2, -0.15) is 0 Å². The number of pyridine rings is 1. The Morgan fingerprint density at radius 1 is 1.13 bits per heavy atom. The Labute approximate surface area is 189 Å². The summed E-state index contributed by atoms with van der Waals surface area (Å²) in [5.41, 5.74) is 7.13. The molecule has 0 bridgehead atoms. The minimum atomic E-state index is -0.0457. The Bertz CT molecular complexity index is 1430. The number of benzene rings is 2. The molecule has 2 aromatic carbocycles. The monoisotopic (exact) mass is 471 g/mol. The Morgan fingerprint density at radius 3 is 2.84 bits per heavy atom. The lowest BCUT2D eigenvalue weighted by atomic mass is 9.79. The van der Waals surface area contributed by atoms with Crippen molar-refractivity contribution in [3.63, 3.8) is 0 Å². The summed E-state index contributed by atoms with van der Waals surface area (Å²) in [6.07, 6.45) is 5.97. The SMILES string of the molecule is CC1(C)C=C2c3c(nc4cc(Br)ccc4c3C(=O)N2CCc2c[nH]c3ccccc23)C1. The van der Waals surface area contributed by atoms with Crippen molar-refractivity contribution in [2.45, 2.75) is 26.7 Å². The van der Waals surface area contributed by atoms with E-state index in [1.807, 2.05) is 29.2 Å². The largest absolute Gasteiger partial charge is 0.361 e. The van der Waals surface area contributed by atoms with Gasteiger partial charge in [-0.1, -0.05) is 60.1 Å².